The molecule has 2 aromatic heterocycles. The summed E-state index contributed by atoms with van der Waals surface area (Å²) < 4.78 is 8.44. The van der Waals surface area contributed by atoms with E-state index in [9.17, 15) is 5.11 Å². The number of aliphatic hydroxyl groups excluding tert-OH is 1. The number of aliphatic hydroxyl groups is 1. The second kappa shape index (κ2) is 4.73. The summed E-state index contributed by atoms with van der Waals surface area (Å²) in [5.41, 5.74) is 0.971. The van der Waals surface area contributed by atoms with Crippen LogP contribution in [0.4, 0.5) is 0 Å². The molecular formula is C10H10Br2N2O2. The minimum absolute atomic E-state index is 0.486. The van der Waals surface area contributed by atoms with E-state index in [0.717, 1.165) is 10.0 Å². The first-order chi connectivity index (χ1) is 7.56. The van der Waals surface area contributed by atoms with Gasteiger partial charge in [0.05, 0.1) is 10.7 Å². The van der Waals surface area contributed by atoms with Crippen LogP contribution in [0.3, 0.4) is 0 Å². The number of rotatable bonds is 3. The fraction of sp³-hybridized carbons (Fsp3) is 0.300. The van der Waals surface area contributed by atoms with E-state index in [4.69, 9.17) is 4.42 Å². The third-order valence-electron chi connectivity index (χ3n) is 2.18. The summed E-state index contributed by atoms with van der Waals surface area (Å²) in [6.07, 6.45) is 3.43. The molecule has 1 unspecified atom stereocenters. The second-order valence-corrected chi connectivity index (χ2v) is 5.09. The van der Waals surface area contributed by atoms with Crippen LogP contribution >= 0.6 is 31.9 Å². The molecule has 6 heteroatoms. The molecular weight excluding hydrogens is 340 g/mol. The summed E-state index contributed by atoms with van der Waals surface area (Å²) in [6.45, 7) is 0. The van der Waals surface area contributed by atoms with Crippen LogP contribution in [0.5, 0.6) is 0 Å². The Kier molecular flexibility index (Phi) is 3.51. The summed E-state index contributed by atoms with van der Waals surface area (Å²) in [5.74, 6) is 0.530. The molecule has 0 aliphatic rings. The van der Waals surface area contributed by atoms with Gasteiger partial charge in [0.2, 0.25) is 0 Å². The van der Waals surface area contributed by atoms with Crippen LogP contribution < -0.4 is 0 Å². The molecule has 0 saturated heterocycles. The molecule has 0 saturated carbocycles. The molecule has 0 fully saturated rings. The Balaban J connectivity index is 2.11. The van der Waals surface area contributed by atoms with Crippen LogP contribution in [0.2, 0.25) is 0 Å². The van der Waals surface area contributed by atoms with E-state index in [1.54, 1.807) is 16.9 Å². The number of aryl methyl sites for hydroxylation is 1. The molecule has 0 radical (unpaired) electrons. The molecule has 2 aromatic rings. The van der Waals surface area contributed by atoms with Crippen LogP contribution in [0.1, 0.15) is 17.4 Å². The summed E-state index contributed by atoms with van der Waals surface area (Å²) in [7, 11) is 1.84. The van der Waals surface area contributed by atoms with Crippen molar-refractivity contribution >= 4 is 31.9 Å². The van der Waals surface area contributed by atoms with E-state index < -0.39 is 6.10 Å². The highest BCUT2D eigenvalue weighted by molar-refractivity contribution is 9.13. The quantitative estimate of drug-likeness (QED) is 0.926. The number of furan rings is 1. The van der Waals surface area contributed by atoms with Crippen molar-refractivity contribution in [1.82, 2.24) is 9.78 Å². The lowest BCUT2D eigenvalue weighted by atomic mass is 10.1. The SMILES string of the molecule is Cn1cc(CC(O)c2cc(Br)c(Br)o2)cn1. The Bertz CT molecular complexity index is 473. The van der Waals surface area contributed by atoms with Gasteiger partial charge in [0.1, 0.15) is 11.9 Å². The van der Waals surface area contributed by atoms with Crippen molar-refractivity contribution in [3.8, 4) is 0 Å². The summed E-state index contributed by atoms with van der Waals surface area (Å²) in [6, 6.07) is 1.76. The first-order valence-electron chi connectivity index (χ1n) is 4.66. The van der Waals surface area contributed by atoms with Crippen molar-refractivity contribution in [2.75, 3.05) is 0 Å². The average Bonchev–Trinajstić information content (AvgIpc) is 2.75. The normalized spacial score (nSPS) is 13.0. The topological polar surface area (TPSA) is 51.2 Å². The fourth-order valence-electron chi connectivity index (χ4n) is 1.43. The smallest absolute Gasteiger partial charge is 0.183 e. The third kappa shape index (κ3) is 2.56. The lowest BCUT2D eigenvalue weighted by Gasteiger charge is -2.04. The van der Waals surface area contributed by atoms with E-state index in [-0.39, 0.29) is 0 Å². The van der Waals surface area contributed by atoms with Crippen molar-refractivity contribution < 1.29 is 9.52 Å². The van der Waals surface area contributed by atoms with Gasteiger partial charge >= 0.3 is 0 Å². The van der Waals surface area contributed by atoms with Gasteiger partial charge < -0.3 is 9.52 Å². The number of halogens is 2. The Labute approximate surface area is 110 Å². The summed E-state index contributed by atoms with van der Waals surface area (Å²) >= 11 is 6.54. The van der Waals surface area contributed by atoms with Gasteiger partial charge in [-0.15, -0.1) is 0 Å². The Morgan fingerprint density at radius 1 is 1.56 bits per heavy atom. The van der Waals surface area contributed by atoms with E-state index >= 15 is 0 Å². The van der Waals surface area contributed by atoms with E-state index in [0.29, 0.717) is 16.9 Å². The molecule has 2 rings (SSSR count). The van der Waals surface area contributed by atoms with E-state index in [2.05, 4.69) is 37.0 Å². The predicted molar refractivity (Wildman–Crippen MR) is 66.0 cm³/mol. The van der Waals surface area contributed by atoms with Crippen molar-refractivity contribution in [3.05, 3.63) is 38.9 Å². The van der Waals surface area contributed by atoms with Gasteiger partial charge in [-0.1, -0.05) is 0 Å². The zero-order valence-electron chi connectivity index (χ0n) is 8.52. The van der Waals surface area contributed by atoms with Gasteiger partial charge in [-0.2, -0.15) is 5.10 Å². The monoisotopic (exact) mass is 348 g/mol. The number of aromatic nitrogens is 2. The maximum absolute atomic E-state index is 9.95. The van der Waals surface area contributed by atoms with Crippen molar-refractivity contribution in [2.45, 2.75) is 12.5 Å². The molecule has 0 amide bonds. The summed E-state index contributed by atoms with van der Waals surface area (Å²) in [4.78, 5) is 0. The number of nitrogens with zero attached hydrogens (tertiary/aromatic N) is 2. The highest BCUT2D eigenvalue weighted by Crippen LogP contribution is 2.31. The van der Waals surface area contributed by atoms with Gasteiger partial charge in [-0.05, 0) is 43.5 Å². The number of hydrogen-bond acceptors (Lipinski definition) is 3. The molecule has 0 aromatic carbocycles. The van der Waals surface area contributed by atoms with Gasteiger partial charge in [-0.3, -0.25) is 4.68 Å². The van der Waals surface area contributed by atoms with Gasteiger partial charge in [0.25, 0.3) is 0 Å². The van der Waals surface area contributed by atoms with Gasteiger partial charge in [0, 0.05) is 19.7 Å². The fourth-order valence-corrected chi connectivity index (χ4v) is 2.04. The van der Waals surface area contributed by atoms with Gasteiger partial charge in [-0.25, -0.2) is 0 Å². The van der Waals surface area contributed by atoms with Crippen molar-refractivity contribution in [2.24, 2.45) is 7.05 Å². The first kappa shape index (κ1) is 11.9. The third-order valence-corrected chi connectivity index (χ3v) is 3.89. The average molecular weight is 350 g/mol. The molecule has 2 heterocycles. The van der Waals surface area contributed by atoms with Crippen LogP contribution in [-0.4, -0.2) is 14.9 Å². The zero-order chi connectivity index (χ0) is 11.7. The van der Waals surface area contributed by atoms with Crippen LogP contribution in [0.25, 0.3) is 0 Å². The maximum Gasteiger partial charge on any atom is 0.183 e. The molecule has 1 N–H and O–H groups in total. The molecule has 1 atom stereocenters. The van der Waals surface area contributed by atoms with Gasteiger partial charge in [0.15, 0.2) is 4.67 Å². The first-order valence-corrected chi connectivity index (χ1v) is 6.25. The molecule has 86 valence electrons. The van der Waals surface area contributed by atoms with Crippen molar-refractivity contribution in [1.29, 1.82) is 0 Å². The molecule has 0 bridgehead atoms. The number of hydrogen-bond donors (Lipinski definition) is 1. The molecule has 4 nitrogen and oxygen atoms in total. The zero-order valence-corrected chi connectivity index (χ0v) is 11.7. The summed E-state index contributed by atoms with van der Waals surface area (Å²) in [5, 5.41) is 14.0. The van der Waals surface area contributed by atoms with Crippen LogP contribution in [-0.2, 0) is 13.5 Å². The highest BCUT2D eigenvalue weighted by atomic mass is 79.9. The lowest BCUT2D eigenvalue weighted by Crippen LogP contribution is -1.99. The molecule has 0 aliphatic heterocycles. The highest BCUT2D eigenvalue weighted by Gasteiger charge is 2.16. The van der Waals surface area contributed by atoms with Crippen LogP contribution in [0, 0.1) is 0 Å². The molecule has 16 heavy (non-hydrogen) atoms. The minimum atomic E-state index is -0.660. The second-order valence-electron chi connectivity index (χ2n) is 3.51. The predicted octanol–water partition coefficient (Wildman–Crippen LogP) is 2.81. The van der Waals surface area contributed by atoms with E-state index in [1.165, 1.54) is 0 Å². The minimum Gasteiger partial charge on any atom is -0.450 e. The Morgan fingerprint density at radius 2 is 2.31 bits per heavy atom. The largest absolute Gasteiger partial charge is 0.450 e. The Morgan fingerprint density at radius 3 is 2.81 bits per heavy atom. The molecule has 0 spiro atoms. The lowest BCUT2D eigenvalue weighted by molar-refractivity contribution is 0.149. The maximum atomic E-state index is 9.95. The Hall–Kier alpha value is -0.590. The van der Waals surface area contributed by atoms with E-state index in [1.807, 2.05) is 13.2 Å². The standard InChI is InChI=1S/C10H10Br2N2O2/c1-14-5-6(4-13-14)2-8(15)9-3-7(11)10(12)16-9/h3-5,8,15H,2H2,1H3. The van der Waals surface area contributed by atoms with Crippen LogP contribution in [0.15, 0.2) is 32.0 Å². The molecule has 0 aliphatic carbocycles. The van der Waals surface area contributed by atoms with Crippen molar-refractivity contribution in [3.63, 3.8) is 0 Å².